The van der Waals surface area contributed by atoms with Gasteiger partial charge in [-0.3, -0.25) is 19.7 Å². The molecule has 1 fully saturated rings. The number of nitrogens with one attached hydrogen (secondary N) is 1. The summed E-state index contributed by atoms with van der Waals surface area (Å²) >= 11 is 0. The highest BCUT2D eigenvalue weighted by molar-refractivity contribution is 6.23. The smallest absolute Gasteiger partial charge is 0.282 e. The van der Waals surface area contributed by atoms with Crippen molar-refractivity contribution in [3.8, 4) is 0 Å². The van der Waals surface area contributed by atoms with Crippen LogP contribution in [0, 0.1) is 10.1 Å². The standard InChI is InChI=1S/C13H13N3O5/c17-12-9-2-1-3-10(16(19)20)11(9)13(18)15(12)8-14-4-6-21-7-5-14/h1-3H,4-8H2/p+1. The molecule has 0 bridgehead atoms. The fraction of sp³-hybridized carbons (Fsp3) is 0.385. The Morgan fingerprint density at radius 1 is 1.24 bits per heavy atom. The summed E-state index contributed by atoms with van der Waals surface area (Å²) in [6, 6.07) is 4.12. The fourth-order valence-corrected chi connectivity index (χ4v) is 2.65. The minimum Gasteiger partial charge on any atom is -0.370 e. The van der Waals surface area contributed by atoms with Gasteiger partial charge in [0.05, 0.1) is 23.7 Å². The van der Waals surface area contributed by atoms with Gasteiger partial charge in [0.15, 0.2) is 6.67 Å². The second-order valence-corrected chi connectivity index (χ2v) is 5.02. The molecule has 1 aromatic carbocycles. The van der Waals surface area contributed by atoms with Crippen LogP contribution in [-0.4, -0.2) is 54.6 Å². The maximum atomic E-state index is 12.4. The molecule has 0 aliphatic carbocycles. The number of rotatable bonds is 3. The van der Waals surface area contributed by atoms with Crippen molar-refractivity contribution in [3.05, 3.63) is 39.4 Å². The Kier molecular flexibility index (Phi) is 3.40. The molecule has 0 atom stereocenters. The van der Waals surface area contributed by atoms with Crippen molar-refractivity contribution in [1.29, 1.82) is 0 Å². The number of nitrogens with zero attached hydrogens (tertiary/aromatic N) is 2. The predicted octanol–water partition coefficient (Wildman–Crippen LogP) is -0.937. The highest BCUT2D eigenvalue weighted by Gasteiger charge is 2.42. The molecular weight excluding hydrogens is 278 g/mol. The van der Waals surface area contributed by atoms with Gasteiger partial charge in [-0.25, -0.2) is 4.90 Å². The molecule has 1 N–H and O–H groups in total. The van der Waals surface area contributed by atoms with E-state index in [0.29, 0.717) is 26.3 Å². The lowest BCUT2D eigenvalue weighted by Gasteiger charge is -2.26. The summed E-state index contributed by atoms with van der Waals surface area (Å²) < 4.78 is 5.23. The number of fused-ring (bicyclic) bond motifs is 1. The highest BCUT2D eigenvalue weighted by atomic mass is 16.6. The Labute approximate surface area is 120 Å². The van der Waals surface area contributed by atoms with Crippen molar-refractivity contribution in [2.24, 2.45) is 0 Å². The first-order valence-electron chi connectivity index (χ1n) is 6.64. The summed E-state index contributed by atoms with van der Waals surface area (Å²) in [7, 11) is 0. The lowest BCUT2D eigenvalue weighted by atomic mass is 10.1. The van der Waals surface area contributed by atoms with Gasteiger partial charge in [-0.15, -0.1) is 0 Å². The minimum atomic E-state index is -0.630. The molecule has 2 aliphatic heterocycles. The Balaban J connectivity index is 1.89. The fourth-order valence-electron chi connectivity index (χ4n) is 2.65. The van der Waals surface area contributed by atoms with Gasteiger partial charge >= 0.3 is 0 Å². The van der Waals surface area contributed by atoms with Crippen LogP contribution in [0.25, 0.3) is 0 Å². The molecule has 2 amide bonds. The van der Waals surface area contributed by atoms with E-state index in [4.69, 9.17) is 4.74 Å². The molecule has 1 aromatic rings. The maximum absolute atomic E-state index is 12.4. The molecule has 0 aromatic heterocycles. The zero-order valence-corrected chi connectivity index (χ0v) is 11.2. The van der Waals surface area contributed by atoms with E-state index >= 15 is 0 Å². The van der Waals surface area contributed by atoms with Crippen LogP contribution in [0.4, 0.5) is 5.69 Å². The number of carbonyl (C=O) groups is 2. The Hall–Kier alpha value is -2.32. The van der Waals surface area contributed by atoms with Gasteiger partial charge in [0.2, 0.25) is 0 Å². The third-order valence-corrected chi connectivity index (χ3v) is 3.76. The molecule has 3 rings (SSSR count). The summed E-state index contributed by atoms with van der Waals surface area (Å²) in [4.78, 5) is 37.2. The largest absolute Gasteiger partial charge is 0.370 e. The molecule has 2 aliphatic rings. The van der Waals surface area contributed by atoms with Gasteiger partial charge in [-0.05, 0) is 6.07 Å². The van der Waals surface area contributed by atoms with E-state index in [-0.39, 0.29) is 23.5 Å². The van der Waals surface area contributed by atoms with E-state index in [0.717, 1.165) is 9.80 Å². The quantitative estimate of drug-likeness (QED) is 0.441. The van der Waals surface area contributed by atoms with Gasteiger partial charge < -0.3 is 9.64 Å². The first kappa shape index (κ1) is 13.7. The number of ether oxygens (including phenoxy) is 1. The molecular formula is C13H14N3O5+. The molecule has 8 nitrogen and oxygen atoms in total. The van der Waals surface area contributed by atoms with Crippen molar-refractivity contribution in [2.45, 2.75) is 0 Å². The first-order chi connectivity index (χ1) is 10.1. The van der Waals surface area contributed by atoms with Gasteiger partial charge in [0, 0.05) is 6.07 Å². The number of nitro groups is 1. The van der Waals surface area contributed by atoms with E-state index in [1.54, 1.807) is 0 Å². The summed E-state index contributed by atoms with van der Waals surface area (Å²) in [6.45, 7) is 2.79. The highest BCUT2D eigenvalue weighted by Crippen LogP contribution is 2.29. The van der Waals surface area contributed by atoms with Crippen molar-refractivity contribution < 1.29 is 24.1 Å². The number of quaternary nitrogens is 1. The number of amides is 2. The summed E-state index contributed by atoms with van der Waals surface area (Å²) in [5, 5.41) is 11.0. The van der Waals surface area contributed by atoms with E-state index in [2.05, 4.69) is 0 Å². The number of benzene rings is 1. The lowest BCUT2D eigenvalue weighted by Crippen LogP contribution is -3.15. The third kappa shape index (κ3) is 2.28. The molecule has 21 heavy (non-hydrogen) atoms. The number of morpholine rings is 1. The molecule has 0 radical (unpaired) electrons. The molecule has 1 saturated heterocycles. The van der Waals surface area contributed by atoms with Crippen LogP contribution < -0.4 is 4.90 Å². The van der Waals surface area contributed by atoms with Crippen molar-refractivity contribution >= 4 is 17.5 Å². The number of carbonyl (C=O) groups excluding carboxylic acids is 2. The predicted molar refractivity (Wildman–Crippen MR) is 70.0 cm³/mol. The molecule has 0 unspecified atom stereocenters. The second kappa shape index (κ2) is 5.23. The van der Waals surface area contributed by atoms with Crippen molar-refractivity contribution in [3.63, 3.8) is 0 Å². The van der Waals surface area contributed by atoms with Crippen LogP contribution in [0.5, 0.6) is 0 Å². The number of hydrogen-bond donors (Lipinski definition) is 1. The van der Waals surface area contributed by atoms with Crippen LogP contribution in [0.1, 0.15) is 20.7 Å². The van der Waals surface area contributed by atoms with Gasteiger partial charge in [-0.1, -0.05) is 6.07 Å². The molecule has 110 valence electrons. The molecule has 8 heteroatoms. The lowest BCUT2D eigenvalue weighted by molar-refractivity contribution is -0.915. The van der Waals surface area contributed by atoms with Crippen LogP contribution in [0.2, 0.25) is 0 Å². The molecule has 0 spiro atoms. The average Bonchev–Trinajstić information content (AvgIpc) is 2.73. The number of imide groups is 1. The van der Waals surface area contributed by atoms with Crippen molar-refractivity contribution in [1.82, 2.24) is 4.90 Å². The van der Waals surface area contributed by atoms with Gasteiger partial charge in [-0.2, -0.15) is 0 Å². The van der Waals surface area contributed by atoms with E-state index < -0.39 is 16.7 Å². The first-order valence-corrected chi connectivity index (χ1v) is 6.64. The van der Waals surface area contributed by atoms with Crippen LogP contribution >= 0.6 is 0 Å². The van der Waals surface area contributed by atoms with Gasteiger partial charge in [0.1, 0.15) is 18.7 Å². The van der Waals surface area contributed by atoms with E-state index in [1.807, 2.05) is 0 Å². The van der Waals surface area contributed by atoms with E-state index in [9.17, 15) is 19.7 Å². The van der Waals surface area contributed by atoms with Crippen LogP contribution in [-0.2, 0) is 4.74 Å². The van der Waals surface area contributed by atoms with Gasteiger partial charge in [0.25, 0.3) is 17.5 Å². The van der Waals surface area contributed by atoms with Crippen LogP contribution in [0.15, 0.2) is 18.2 Å². The molecule has 0 saturated carbocycles. The second-order valence-electron chi connectivity index (χ2n) is 5.02. The van der Waals surface area contributed by atoms with Crippen molar-refractivity contribution in [2.75, 3.05) is 33.0 Å². The molecule has 2 heterocycles. The average molecular weight is 292 g/mol. The van der Waals surface area contributed by atoms with Crippen LogP contribution in [0.3, 0.4) is 0 Å². The Morgan fingerprint density at radius 2 is 1.95 bits per heavy atom. The number of nitro benzene ring substituents is 1. The van der Waals surface area contributed by atoms with E-state index in [1.165, 1.54) is 18.2 Å². The minimum absolute atomic E-state index is 0.0971. The zero-order chi connectivity index (χ0) is 15.0. The summed E-state index contributed by atoms with van der Waals surface area (Å²) in [5.41, 5.74) is -0.299. The third-order valence-electron chi connectivity index (χ3n) is 3.76. The SMILES string of the molecule is O=C1c2cccc([N+](=O)[O-])c2C(=O)N1C[NH+]1CCOCC1. The normalized spacial score (nSPS) is 19.0. The monoisotopic (exact) mass is 292 g/mol. The maximum Gasteiger partial charge on any atom is 0.282 e. The number of hydrogen-bond acceptors (Lipinski definition) is 5. The Morgan fingerprint density at radius 3 is 2.62 bits per heavy atom. The summed E-state index contributed by atoms with van der Waals surface area (Å²) in [6.07, 6.45) is 0. The zero-order valence-electron chi connectivity index (χ0n) is 11.2. The topological polar surface area (TPSA) is 94.2 Å². The Bertz CT molecular complexity index is 624. The summed E-state index contributed by atoms with van der Waals surface area (Å²) in [5.74, 6) is -1.04.